The molecule has 3 atom stereocenters. The van der Waals surface area contributed by atoms with E-state index in [0.717, 1.165) is 18.2 Å². The van der Waals surface area contributed by atoms with Gasteiger partial charge in [0, 0.05) is 29.4 Å². The molecule has 3 nitrogen and oxygen atoms in total. The third-order valence-electron chi connectivity index (χ3n) is 3.99. The van der Waals surface area contributed by atoms with Crippen LogP contribution in [0.2, 0.25) is 0 Å². The minimum atomic E-state index is 0.467. The lowest BCUT2D eigenvalue weighted by atomic mass is 9.92. The minimum Gasteiger partial charge on any atom is -0.313 e. The summed E-state index contributed by atoms with van der Waals surface area (Å²) in [7, 11) is 2.02. The molecule has 16 heavy (non-hydrogen) atoms. The topological polar surface area (TPSA) is 37.8 Å². The van der Waals surface area contributed by atoms with Crippen LogP contribution >= 0.6 is 0 Å². The van der Waals surface area contributed by atoms with Crippen LogP contribution in [0.15, 0.2) is 6.20 Å². The zero-order valence-corrected chi connectivity index (χ0v) is 10.0. The fourth-order valence-electron chi connectivity index (χ4n) is 2.72. The summed E-state index contributed by atoms with van der Waals surface area (Å²) in [6, 6.07) is 0.467. The van der Waals surface area contributed by atoms with Gasteiger partial charge < -0.3 is 5.32 Å². The summed E-state index contributed by atoms with van der Waals surface area (Å²) in [5.74, 6) is 2.52. The highest BCUT2D eigenvalue weighted by molar-refractivity contribution is 5.26. The third-order valence-corrected chi connectivity index (χ3v) is 3.99. The van der Waals surface area contributed by atoms with Crippen molar-refractivity contribution in [3.63, 3.8) is 0 Å². The van der Waals surface area contributed by atoms with E-state index in [4.69, 9.17) is 4.98 Å². The van der Waals surface area contributed by atoms with E-state index in [1.807, 2.05) is 7.05 Å². The Morgan fingerprint density at radius 3 is 2.94 bits per heavy atom. The monoisotopic (exact) mass is 217 g/mol. The summed E-state index contributed by atoms with van der Waals surface area (Å²) in [4.78, 5) is 9.32. The first-order chi connectivity index (χ1) is 7.79. The zero-order valence-electron chi connectivity index (χ0n) is 10.0. The van der Waals surface area contributed by atoms with Crippen molar-refractivity contribution in [3.8, 4) is 0 Å². The minimum absolute atomic E-state index is 0.467. The Morgan fingerprint density at radius 1 is 1.44 bits per heavy atom. The summed E-state index contributed by atoms with van der Waals surface area (Å²) >= 11 is 0. The normalized spacial score (nSPS) is 32.2. The SMILES string of the molecule is CNC1CCCc2nc(C3CC3C)ncc21. The average molecular weight is 217 g/mol. The van der Waals surface area contributed by atoms with Gasteiger partial charge in [0.05, 0.1) is 0 Å². The highest BCUT2D eigenvalue weighted by atomic mass is 14.9. The Kier molecular flexibility index (Phi) is 2.43. The molecule has 2 aliphatic rings. The molecule has 3 heteroatoms. The lowest BCUT2D eigenvalue weighted by Gasteiger charge is -2.24. The fourth-order valence-corrected chi connectivity index (χ4v) is 2.72. The number of hydrogen-bond donors (Lipinski definition) is 1. The Morgan fingerprint density at radius 2 is 2.25 bits per heavy atom. The summed E-state index contributed by atoms with van der Waals surface area (Å²) in [6.07, 6.45) is 6.92. The fraction of sp³-hybridized carbons (Fsp3) is 0.692. The first-order valence-electron chi connectivity index (χ1n) is 6.32. The zero-order chi connectivity index (χ0) is 11.1. The Bertz CT molecular complexity index is 402. The molecule has 0 bridgehead atoms. The van der Waals surface area contributed by atoms with E-state index in [-0.39, 0.29) is 0 Å². The van der Waals surface area contributed by atoms with Gasteiger partial charge in [-0.3, -0.25) is 0 Å². The number of nitrogens with one attached hydrogen (secondary N) is 1. The number of nitrogens with zero attached hydrogens (tertiary/aromatic N) is 2. The van der Waals surface area contributed by atoms with E-state index in [0.29, 0.717) is 12.0 Å². The standard InChI is InChI=1S/C13H19N3/c1-8-6-9(8)13-15-7-10-11(14-2)4-3-5-12(10)16-13/h7-9,11,14H,3-6H2,1-2H3. The van der Waals surface area contributed by atoms with Crippen LogP contribution in [0.5, 0.6) is 0 Å². The van der Waals surface area contributed by atoms with Gasteiger partial charge in [0.2, 0.25) is 0 Å². The summed E-state index contributed by atoms with van der Waals surface area (Å²) in [6.45, 7) is 2.28. The molecular weight excluding hydrogens is 198 g/mol. The molecule has 1 aromatic heterocycles. The quantitative estimate of drug-likeness (QED) is 0.825. The van der Waals surface area contributed by atoms with Crippen LogP contribution in [0.4, 0.5) is 0 Å². The van der Waals surface area contributed by atoms with Crippen molar-refractivity contribution in [2.45, 2.75) is 44.6 Å². The Hall–Kier alpha value is -0.960. The maximum absolute atomic E-state index is 4.77. The van der Waals surface area contributed by atoms with Gasteiger partial charge in [0.25, 0.3) is 0 Å². The Labute approximate surface area is 96.7 Å². The first kappa shape index (κ1) is 10.2. The van der Waals surface area contributed by atoms with Gasteiger partial charge in [-0.2, -0.15) is 0 Å². The van der Waals surface area contributed by atoms with Crippen LogP contribution in [-0.2, 0) is 6.42 Å². The maximum atomic E-state index is 4.77. The highest BCUT2D eigenvalue weighted by Crippen LogP contribution is 2.45. The van der Waals surface area contributed by atoms with Crippen LogP contribution in [0.1, 0.15) is 55.2 Å². The first-order valence-corrected chi connectivity index (χ1v) is 6.32. The van der Waals surface area contributed by atoms with Crippen molar-refractivity contribution in [1.82, 2.24) is 15.3 Å². The van der Waals surface area contributed by atoms with Crippen molar-refractivity contribution in [3.05, 3.63) is 23.3 Å². The van der Waals surface area contributed by atoms with Crippen molar-refractivity contribution < 1.29 is 0 Å². The molecule has 1 heterocycles. The van der Waals surface area contributed by atoms with Gasteiger partial charge in [0.1, 0.15) is 5.82 Å². The molecule has 0 spiro atoms. The second-order valence-electron chi connectivity index (χ2n) is 5.18. The van der Waals surface area contributed by atoms with E-state index >= 15 is 0 Å². The van der Waals surface area contributed by atoms with Gasteiger partial charge in [-0.05, 0) is 38.6 Å². The van der Waals surface area contributed by atoms with E-state index in [1.165, 1.54) is 30.5 Å². The van der Waals surface area contributed by atoms with Gasteiger partial charge in [-0.15, -0.1) is 0 Å². The molecular formula is C13H19N3. The number of aryl methyl sites for hydroxylation is 1. The molecule has 2 aliphatic carbocycles. The second-order valence-corrected chi connectivity index (χ2v) is 5.18. The number of hydrogen-bond acceptors (Lipinski definition) is 3. The molecule has 0 radical (unpaired) electrons. The molecule has 86 valence electrons. The molecule has 0 amide bonds. The molecule has 0 saturated heterocycles. The summed E-state index contributed by atoms with van der Waals surface area (Å²) in [5.41, 5.74) is 2.61. The summed E-state index contributed by atoms with van der Waals surface area (Å²) in [5, 5.41) is 3.35. The molecule has 1 N–H and O–H groups in total. The highest BCUT2D eigenvalue weighted by Gasteiger charge is 2.37. The molecule has 0 aliphatic heterocycles. The van der Waals surface area contributed by atoms with E-state index in [9.17, 15) is 0 Å². The third kappa shape index (κ3) is 1.63. The Balaban J connectivity index is 1.92. The van der Waals surface area contributed by atoms with Gasteiger partial charge in [-0.25, -0.2) is 9.97 Å². The van der Waals surface area contributed by atoms with Crippen LogP contribution in [0, 0.1) is 5.92 Å². The van der Waals surface area contributed by atoms with E-state index in [2.05, 4.69) is 23.4 Å². The molecule has 3 unspecified atom stereocenters. The maximum Gasteiger partial charge on any atom is 0.131 e. The molecule has 1 saturated carbocycles. The number of rotatable bonds is 2. The second kappa shape index (κ2) is 3.81. The van der Waals surface area contributed by atoms with Gasteiger partial charge in [-0.1, -0.05) is 6.92 Å². The largest absolute Gasteiger partial charge is 0.313 e. The molecule has 1 aromatic rings. The van der Waals surface area contributed by atoms with Crippen molar-refractivity contribution in [1.29, 1.82) is 0 Å². The van der Waals surface area contributed by atoms with Gasteiger partial charge in [0.15, 0.2) is 0 Å². The van der Waals surface area contributed by atoms with Crippen LogP contribution < -0.4 is 5.32 Å². The van der Waals surface area contributed by atoms with Crippen LogP contribution in [0.3, 0.4) is 0 Å². The van der Waals surface area contributed by atoms with Gasteiger partial charge >= 0.3 is 0 Å². The smallest absolute Gasteiger partial charge is 0.131 e. The number of fused-ring (bicyclic) bond motifs is 1. The van der Waals surface area contributed by atoms with Crippen molar-refractivity contribution in [2.24, 2.45) is 5.92 Å². The van der Waals surface area contributed by atoms with E-state index in [1.54, 1.807) is 0 Å². The van der Waals surface area contributed by atoms with Crippen molar-refractivity contribution >= 4 is 0 Å². The lowest BCUT2D eigenvalue weighted by Crippen LogP contribution is -2.23. The molecule has 0 aromatic carbocycles. The lowest BCUT2D eigenvalue weighted by molar-refractivity contribution is 0.485. The molecule has 1 fully saturated rings. The predicted molar refractivity (Wildman–Crippen MR) is 63.3 cm³/mol. The predicted octanol–water partition coefficient (Wildman–Crippen LogP) is 2.20. The van der Waals surface area contributed by atoms with Crippen LogP contribution in [-0.4, -0.2) is 17.0 Å². The number of aromatic nitrogens is 2. The average Bonchev–Trinajstić information content (AvgIpc) is 3.05. The summed E-state index contributed by atoms with van der Waals surface area (Å²) < 4.78 is 0. The van der Waals surface area contributed by atoms with Crippen LogP contribution in [0.25, 0.3) is 0 Å². The van der Waals surface area contributed by atoms with E-state index < -0.39 is 0 Å². The molecule has 3 rings (SSSR count). The van der Waals surface area contributed by atoms with Crippen molar-refractivity contribution in [2.75, 3.05) is 7.05 Å².